The van der Waals surface area contributed by atoms with Crippen molar-refractivity contribution in [1.82, 2.24) is 14.7 Å². The molecule has 2 aliphatic heterocycles. The quantitative estimate of drug-likeness (QED) is 0.735. The van der Waals surface area contributed by atoms with Crippen LogP contribution in [0.1, 0.15) is 34.1 Å². The third-order valence-corrected chi connectivity index (χ3v) is 5.14. The van der Waals surface area contributed by atoms with Crippen LogP contribution in [0.25, 0.3) is 0 Å². The summed E-state index contributed by atoms with van der Waals surface area (Å²) in [5.74, 6) is 1.50. The lowest BCUT2D eigenvalue weighted by molar-refractivity contribution is -0.135. The molecule has 2 rings (SSSR count). The Hall–Kier alpha value is -0.690. The van der Waals surface area contributed by atoms with Crippen LogP contribution in [0.3, 0.4) is 0 Å². The molecular formula is C19H37N3O3. The molecule has 3 unspecified atom stereocenters. The Morgan fingerprint density at radius 3 is 2.20 bits per heavy atom. The van der Waals surface area contributed by atoms with Crippen molar-refractivity contribution in [2.45, 2.75) is 46.3 Å². The Bertz CT molecular complexity index is 401. The number of piperidine rings is 1. The van der Waals surface area contributed by atoms with Gasteiger partial charge in [-0.1, -0.05) is 13.8 Å². The maximum absolute atomic E-state index is 12.6. The molecule has 0 bridgehead atoms. The van der Waals surface area contributed by atoms with E-state index in [0.717, 1.165) is 39.3 Å². The SMILES string of the molecule is CC1CC(C)CN(C(=O)CN2CCN(CC(O)COC(C)C)CC2)C1. The van der Waals surface area contributed by atoms with Crippen LogP contribution in [0.4, 0.5) is 0 Å². The van der Waals surface area contributed by atoms with E-state index in [0.29, 0.717) is 31.5 Å². The van der Waals surface area contributed by atoms with E-state index in [-0.39, 0.29) is 12.0 Å². The topological polar surface area (TPSA) is 56.3 Å². The van der Waals surface area contributed by atoms with Gasteiger partial charge >= 0.3 is 0 Å². The fourth-order valence-electron chi connectivity index (χ4n) is 3.94. The molecule has 0 spiro atoms. The number of aliphatic hydroxyl groups is 1. The highest BCUT2D eigenvalue weighted by Crippen LogP contribution is 2.21. The van der Waals surface area contributed by atoms with Crippen LogP contribution in [0.15, 0.2) is 0 Å². The number of rotatable bonds is 7. The molecule has 3 atom stereocenters. The molecule has 1 amide bonds. The molecule has 25 heavy (non-hydrogen) atoms. The summed E-state index contributed by atoms with van der Waals surface area (Å²) < 4.78 is 5.47. The van der Waals surface area contributed by atoms with Crippen LogP contribution in [0.5, 0.6) is 0 Å². The number of carbonyl (C=O) groups excluding carboxylic acids is 1. The molecule has 0 radical (unpaired) electrons. The normalized spacial score (nSPS) is 27.7. The molecule has 1 N–H and O–H groups in total. The number of piperazine rings is 1. The van der Waals surface area contributed by atoms with E-state index >= 15 is 0 Å². The van der Waals surface area contributed by atoms with Gasteiger partial charge in [0, 0.05) is 45.8 Å². The molecule has 0 aromatic carbocycles. The third-order valence-electron chi connectivity index (χ3n) is 5.14. The molecule has 2 saturated heterocycles. The largest absolute Gasteiger partial charge is 0.389 e. The smallest absolute Gasteiger partial charge is 0.236 e. The lowest BCUT2D eigenvalue weighted by Crippen LogP contribution is -2.53. The third kappa shape index (κ3) is 7.21. The number of ether oxygens (including phenoxy) is 1. The second kappa shape index (κ2) is 9.86. The van der Waals surface area contributed by atoms with Gasteiger partial charge in [0.05, 0.1) is 25.4 Å². The fourth-order valence-corrected chi connectivity index (χ4v) is 3.94. The number of aliphatic hydroxyl groups excluding tert-OH is 1. The van der Waals surface area contributed by atoms with Gasteiger partial charge in [-0.25, -0.2) is 0 Å². The zero-order chi connectivity index (χ0) is 18.4. The number of carbonyl (C=O) groups is 1. The summed E-state index contributed by atoms with van der Waals surface area (Å²) in [7, 11) is 0. The number of β-amino-alcohol motifs (C(OH)–C–C–N with tert-alkyl or cyclic N) is 1. The van der Waals surface area contributed by atoms with Crippen LogP contribution in [0.2, 0.25) is 0 Å². The van der Waals surface area contributed by atoms with Gasteiger partial charge in [-0.2, -0.15) is 0 Å². The minimum atomic E-state index is -0.438. The first-order valence-corrected chi connectivity index (χ1v) is 9.85. The van der Waals surface area contributed by atoms with Crippen LogP contribution in [0, 0.1) is 11.8 Å². The first-order chi connectivity index (χ1) is 11.8. The van der Waals surface area contributed by atoms with E-state index < -0.39 is 6.10 Å². The highest BCUT2D eigenvalue weighted by atomic mass is 16.5. The maximum atomic E-state index is 12.6. The van der Waals surface area contributed by atoms with E-state index in [1.54, 1.807) is 0 Å². The average molecular weight is 356 g/mol. The fraction of sp³-hybridized carbons (Fsp3) is 0.947. The first-order valence-electron chi connectivity index (χ1n) is 9.85. The highest BCUT2D eigenvalue weighted by molar-refractivity contribution is 5.78. The molecule has 6 heteroatoms. The molecular weight excluding hydrogens is 318 g/mol. The van der Waals surface area contributed by atoms with Crippen LogP contribution in [-0.2, 0) is 9.53 Å². The predicted octanol–water partition coefficient (Wildman–Crippen LogP) is 0.894. The average Bonchev–Trinajstić information content (AvgIpc) is 2.54. The monoisotopic (exact) mass is 355 g/mol. The molecule has 0 aliphatic carbocycles. The van der Waals surface area contributed by atoms with E-state index in [9.17, 15) is 9.90 Å². The highest BCUT2D eigenvalue weighted by Gasteiger charge is 2.27. The molecule has 2 aliphatic rings. The Kier molecular flexibility index (Phi) is 8.13. The Morgan fingerprint density at radius 2 is 1.64 bits per heavy atom. The maximum Gasteiger partial charge on any atom is 0.236 e. The van der Waals surface area contributed by atoms with Crippen molar-refractivity contribution in [2.75, 3.05) is 59.0 Å². The van der Waals surface area contributed by atoms with Gasteiger partial charge in [0.2, 0.25) is 5.91 Å². The van der Waals surface area contributed by atoms with Gasteiger partial charge in [0.1, 0.15) is 0 Å². The van der Waals surface area contributed by atoms with Crippen molar-refractivity contribution in [3.05, 3.63) is 0 Å². The summed E-state index contributed by atoms with van der Waals surface area (Å²) >= 11 is 0. The summed E-state index contributed by atoms with van der Waals surface area (Å²) in [6.45, 7) is 15.4. The molecule has 2 heterocycles. The van der Waals surface area contributed by atoms with Gasteiger partial charge in [-0.05, 0) is 32.1 Å². The van der Waals surface area contributed by atoms with Gasteiger partial charge in [0.15, 0.2) is 0 Å². The predicted molar refractivity (Wildman–Crippen MR) is 99.5 cm³/mol. The molecule has 0 saturated carbocycles. The summed E-state index contributed by atoms with van der Waals surface area (Å²) in [5.41, 5.74) is 0. The second-order valence-electron chi connectivity index (χ2n) is 8.36. The zero-order valence-corrected chi connectivity index (χ0v) is 16.5. The summed E-state index contributed by atoms with van der Waals surface area (Å²) in [5, 5.41) is 10.0. The van der Waals surface area contributed by atoms with E-state index in [1.807, 2.05) is 13.8 Å². The number of hydrogen-bond donors (Lipinski definition) is 1. The van der Waals surface area contributed by atoms with E-state index in [4.69, 9.17) is 4.74 Å². The van der Waals surface area contributed by atoms with E-state index in [2.05, 4.69) is 28.5 Å². The van der Waals surface area contributed by atoms with Gasteiger partial charge in [-0.15, -0.1) is 0 Å². The van der Waals surface area contributed by atoms with Crippen molar-refractivity contribution in [3.8, 4) is 0 Å². The van der Waals surface area contributed by atoms with Gasteiger partial charge < -0.3 is 14.7 Å². The minimum Gasteiger partial charge on any atom is -0.389 e. The lowest BCUT2D eigenvalue weighted by Gasteiger charge is -2.38. The van der Waals surface area contributed by atoms with Crippen molar-refractivity contribution in [2.24, 2.45) is 11.8 Å². The minimum absolute atomic E-state index is 0.151. The standard InChI is InChI=1S/C19H37N3O3/c1-15(2)25-14-18(23)12-20-5-7-21(8-6-20)13-19(24)22-10-16(3)9-17(4)11-22/h15-18,23H,5-14H2,1-4H3. The molecule has 6 nitrogen and oxygen atoms in total. The number of hydrogen-bond acceptors (Lipinski definition) is 5. The summed E-state index contributed by atoms with van der Waals surface area (Å²) in [4.78, 5) is 19.1. The first kappa shape index (κ1) is 20.6. The Morgan fingerprint density at radius 1 is 1.08 bits per heavy atom. The number of likely N-dealkylation sites (tertiary alicyclic amines) is 1. The molecule has 2 fully saturated rings. The molecule has 146 valence electrons. The van der Waals surface area contributed by atoms with Crippen molar-refractivity contribution in [3.63, 3.8) is 0 Å². The van der Waals surface area contributed by atoms with Gasteiger partial charge in [-0.3, -0.25) is 14.6 Å². The van der Waals surface area contributed by atoms with Gasteiger partial charge in [0.25, 0.3) is 0 Å². The number of amides is 1. The summed E-state index contributed by atoms with van der Waals surface area (Å²) in [6, 6.07) is 0. The van der Waals surface area contributed by atoms with E-state index in [1.165, 1.54) is 6.42 Å². The Balaban J connectivity index is 1.67. The number of nitrogens with zero attached hydrogens (tertiary/aromatic N) is 3. The van der Waals surface area contributed by atoms with Crippen LogP contribution < -0.4 is 0 Å². The lowest BCUT2D eigenvalue weighted by atomic mass is 9.92. The van der Waals surface area contributed by atoms with Crippen LogP contribution >= 0.6 is 0 Å². The van der Waals surface area contributed by atoms with Crippen molar-refractivity contribution < 1.29 is 14.6 Å². The van der Waals surface area contributed by atoms with Crippen molar-refractivity contribution in [1.29, 1.82) is 0 Å². The second-order valence-corrected chi connectivity index (χ2v) is 8.36. The summed E-state index contributed by atoms with van der Waals surface area (Å²) in [6.07, 6.45) is 0.940. The van der Waals surface area contributed by atoms with Crippen LogP contribution in [-0.4, -0.2) is 96.9 Å². The molecule has 0 aromatic rings. The Labute approximate surface area is 153 Å². The zero-order valence-electron chi connectivity index (χ0n) is 16.5. The molecule has 0 aromatic heterocycles. The van der Waals surface area contributed by atoms with Crippen molar-refractivity contribution >= 4 is 5.91 Å².